The quantitative estimate of drug-likeness (QED) is 0.317. The topological polar surface area (TPSA) is 140 Å². The van der Waals surface area contributed by atoms with Gasteiger partial charge in [-0.3, -0.25) is 4.79 Å². The Balaban J connectivity index is 2.23. The Kier molecular flexibility index (Phi) is 3.52. The van der Waals surface area contributed by atoms with E-state index in [1.54, 1.807) is 12.1 Å². The first kappa shape index (κ1) is 16.5. The molecule has 2 aromatic carbocycles. The molecule has 0 aromatic heterocycles. The summed E-state index contributed by atoms with van der Waals surface area (Å²) in [5.41, 5.74) is 13.5. The highest BCUT2D eigenvalue weighted by atomic mass is 16.4. The minimum absolute atomic E-state index is 0.0230. The van der Waals surface area contributed by atoms with Crippen LogP contribution in [-0.4, -0.2) is 16.2 Å². The van der Waals surface area contributed by atoms with Crippen molar-refractivity contribution in [3.05, 3.63) is 64.3 Å². The lowest BCUT2D eigenvalue weighted by atomic mass is 9.90. The van der Waals surface area contributed by atoms with Crippen molar-refractivity contribution in [1.29, 1.82) is 0 Å². The van der Waals surface area contributed by atoms with Gasteiger partial charge in [0, 0.05) is 28.6 Å². The number of hydrogen-bond acceptors (Lipinski definition) is 6. The summed E-state index contributed by atoms with van der Waals surface area (Å²) in [6.45, 7) is 0. The monoisotopic (exact) mass is 362 g/mol. The first-order valence-electron chi connectivity index (χ1n) is 7.97. The molecule has 134 valence electrons. The zero-order valence-electron chi connectivity index (χ0n) is 13.9. The molecule has 7 nitrogen and oxygen atoms in total. The molecule has 0 radical (unpaired) electrons. The van der Waals surface area contributed by atoms with Crippen LogP contribution in [-0.2, 0) is 0 Å². The molecule has 0 fully saturated rings. The summed E-state index contributed by atoms with van der Waals surface area (Å²) in [5, 5.41) is 20.0. The first-order valence-corrected chi connectivity index (χ1v) is 7.97. The van der Waals surface area contributed by atoms with E-state index in [2.05, 4.69) is 0 Å². The highest BCUT2D eigenvalue weighted by Gasteiger charge is 2.22. The molecule has 0 amide bonds. The molecule has 0 saturated heterocycles. The number of aromatic carboxylic acids is 1. The molecule has 6 N–H and O–H groups in total. The maximum absolute atomic E-state index is 11.8. The third-order valence-corrected chi connectivity index (χ3v) is 4.40. The van der Waals surface area contributed by atoms with Crippen LogP contribution in [0.5, 0.6) is 5.75 Å². The standard InChI is InChI=1S/C20H14N2O5/c21-15-7-13(14(20(25)26)8-16(15)22)19-11-3-1-9(23)5-17(11)27-18-6-10(24)2-4-12(18)19/h1-8,23H,21-22H2,(H,25,26). The molecule has 1 aliphatic carbocycles. The predicted molar refractivity (Wildman–Crippen MR) is 102 cm³/mol. The number of benzene rings is 3. The molecule has 27 heavy (non-hydrogen) atoms. The predicted octanol–water partition coefficient (Wildman–Crippen LogP) is 3.13. The number of aromatic hydroxyl groups is 1. The van der Waals surface area contributed by atoms with Gasteiger partial charge in [0.1, 0.15) is 17.1 Å². The zero-order chi connectivity index (χ0) is 19.3. The van der Waals surface area contributed by atoms with Crippen LogP contribution >= 0.6 is 0 Å². The van der Waals surface area contributed by atoms with Crippen LogP contribution in [0.1, 0.15) is 10.4 Å². The third kappa shape index (κ3) is 2.62. The van der Waals surface area contributed by atoms with Crippen molar-refractivity contribution in [2.24, 2.45) is 0 Å². The second-order valence-electron chi connectivity index (χ2n) is 6.15. The molecule has 2 aromatic rings. The summed E-state index contributed by atoms with van der Waals surface area (Å²) in [4.78, 5) is 23.6. The molecule has 4 rings (SSSR count). The summed E-state index contributed by atoms with van der Waals surface area (Å²) in [7, 11) is 0. The Hall–Kier alpha value is -4.00. The normalized spacial score (nSPS) is 11.1. The van der Waals surface area contributed by atoms with Crippen LogP contribution in [0.4, 0.5) is 11.4 Å². The van der Waals surface area contributed by atoms with Gasteiger partial charge in [0.25, 0.3) is 0 Å². The number of carboxylic acids is 1. The first-order chi connectivity index (χ1) is 12.8. The lowest BCUT2D eigenvalue weighted by Crippen LogP contribution is -2.06. The van der Waals surface area contributed by atoms with Gasteiger partial charge in [0.05, 0.1) is 16.9 Å². The van der Waals surface area contributed by atoms with Gasteiger partial charge < -0.3 is 26.1 Å². The number of hydrogen-bond donors (Lipinski definition) is 4. The van der Waals surface area contributed by atoms with Crippen LogP contribution in [0.3, 0.4) is 0 Å². The lowest BCUT2D eigenvalue weighted by molar-refractivity contribution is 0.0698. The van der Waals surface area contributed by atoms with Gasteiger partial charge in [-0.2, -0.15) is 0 Å². The van der Waals surface area contributed by atoms with E-state index < -0.39 is 5.97 Å². The van der Waals surface area contributed by atoms with Gasteiger partial charge in [0.15, 0.2) is 5.43 Å². The van der Waals surface area contributed by atoms with Gasteiger partial charge >= 0.3 is 5.97 Å². The molecular formula is C20H14N2O5. The van der Waals surface area contributed by atoms with E-state index in [1.807, 2.05) is 0 Å². The average Bonchev–Trinajstić information content (AvgIpc) is 2.61. The summed E-state index contributed by atoms with van der Waals surface area (Å²) >= 11 is 0. The number of phenols is 1. The van der Waals surface area contributed by atoms with Crippen LogP contribution in [0.2, 0.25) is 0 Å². The van der Waals surface area contributed by atoms with E-state index in [4.69, 9.17) is 15.9 Å². The number of nitrogen functional groups attached to an aromatic ring is 2. The Morgan fingerprint density at radius 2 is 1.67 bits per heavy atom. The highest BCUT2D eigenvalue weighted by molar-refractivity contribution is 6.08. The van der Waals surface area contributed by atoms with E-state index in [9.17, 15) is 19.8 Å². The van der Waals surface area contributed by atoms with Crippen molar-refractivity contribution >= 4 is 28.3 Å². The van der Waals surface area contributed by atoms with Gasteiger partial charge in [-0.1, -0.05) is 0 Å². The Morgan fingerprint density at radius 3 is 2.41 bits per heavy atom. The fourth-order valence-corrected chi connectivity index (χ4v) is 3.17. The molecule has 2 aliphatic rings. The Bertz CT molecular complexity index is 1260. The largest absolute Gasteiger partial charge is 0.508 e. The van der Waals surface area contributed by atoms with Crippen molar-refractivity contribution in [3.63, 3.8) is 0 Å². The van der Waals surface area contributed by atoms with Gasteiger partial charge in [-0.25, -0.2) is 4.79 Å². The fourth-order valence-electron chi connectivity index (χ4n) is 3.17. The number of carboxylic acid groups (broad SMARTS) is 1. The summed E-state index contributed by atoms with van der Waals surface area (Å²) in [6.07, 6.45) is 0. The van der Waals surface area contributed by atoms with Crippen molar-refractivity contribution in [2.45, 2.75) is 0 Å². The van der Waals surface area contributed by atoms with Crippen LogP contribution < -0.4 is 16.9 Å². The Morgan fingerprint density at radius 1 is 0.926 bits per heavy atom. The van der Waals surface area contributed by atoms with E-state index in [0.29, 0.717) is 27.7 Å². The molecule has 0 spiro atoms. The van der Waals surface area contributed by atoms with Gasteiger partial charge in [-0.15, -0.1) is 0 Å². The van der Waals surface area contributed by atoms with Gasteiger partial charge in [0.2, 0.25) is 0 Å². The number of rotatable bonds is 2. The van der Waals surface area contributed by atoms with Crippen molar-refractivity contribution in [1.82, 2.24) is 0 Å². The molecule has 1 aliphatic heterocycles. The van der Waals surface area contributed by atoms with E-state index in [1.165, 1.54) is 36.4 Å². The minimum Gasteiger partial charge on any atom is -0.508 e. The van der Waals surface area contributed by atoms with Gasteiger partial charge in [-0.05, 0) is 42.0 Å². The maximum atomic E-state index is 11.8. The average molecular weight is 362 g/mol. The SMILES string of the molecule is Nc1cc(C(=O)O)c(-c2c3ccc(=O)cc-3oc3cc(O)ccc23)cc1N. The molecule has 0 saturated carbocycles. The summed E-state index contributed by atoms with van der Waals surface area (Å²) in [6, 6.07) is 11.5. The second kappa shape index (κ2) is 5.77. The van der Waals surface area contributed by atoms with Crippen molar-refractivity contribution in [3.8, 4) is 28.2 Å². The number of nitrogens with two attached hydrogens (primary N) is 2. The zero-order valence-corrected chi connectivity index (χ0v) is 13.9. The Labute approximate surface area is 152 Å². The number of phenolic OH excluding ortho intramolecular Hbond substituents is 1. The number of fused-ring (bicyclic) bond motifs is 2. The van der Waals surface area contributed by atoms with E-state index in [-0.39, 0.29) is 33.9 Å². The van der Waals surface area contributed by atoms with E-state index in [0.717, 1.165) is 0 Å². The van der Waals surface area contributed by atoms with Crippen molar-refractivity contribution < 1.29 is 19.4 Å². The minimum atomic E-state index is -1.17. The smallest absolute Gasteiger partial charge is 0.336 e. The summed E-state index contributed by atoms with van der Waals surface area (Å²) < 4.78 is 5.76. The van der Waals surface area contributed by atoms with E-state index >= 15 is 0 Å². The van der Waals surface area contributed by atoms with Crippen LogP contribution in [0.25, 0.3) is 33.4 Å². The molecule has 1 heterocycles. The molecule has 7 heteroatoms. The number of carbonyl (C=O) groups is 1. The molecule has 0 unspecified atom stereocenters. The second-order valence-corrected chi connectivity index (χ2v) is 6.15. The van der Waals surface area contributed by atoms with Crippen LogP contribution in [0, 0.1) is 0 Å². The summed E-state index contributed by atoms with van der Waals surface area (Å²) in [5.74, 6) is -0.926. The number of anilines is 2. The maximum Gasteiger partial charge on any atom is 0.336 e. The molecular weight excluding hydrogens is 348 g/mol. The highest BCUT2D eigenvalue weighted by Crippen LogP contribution is 2.43. The molecule has 0 bridgehead atoms. The lowest BCUT2D eigenvalue weighted by Gasteiger charge is -2.17. The van der Waals surface area contributed by atoms with Crippen LogP contribution in [0.15, 0.2) is 57.7 Å². The van der Waals surface area contributed by atoms with Crippen molar-refractivity contribution in [2.75, 3.05) is 11.5 Å². The fraction of sp³-hybridized carbons (Fsp3) is 0. The molecule has 0 atom stereocenters. The third-order valence-electron chi connectivity index (χ3n) is 4.40.